The number of fused-ring (bicyclic) bond motifs is 1. The van der Waals surface area contributed by atoms with Gasteiger partial charge in [0.25, 0.3) is 0 Å². The molecule has 112 valence electrons. The van der Waals surface area contributed by atoms with Gasteiger partial charge in [0, 0.05) is 43.1 Å². The van der Waals surface area contributed by atoms with Crippen LogP contribution in [0.2, 0.25) is 0 Å². The second kappa shape index (κ2) is 5.56. The fraction of sp³-hybridized carbons (Fsp3) is 0.733. The molecule has 0 spiro atoms. The molecule has 20 heavy (non-hydrogen) atoms. The number of hydrogen-bond acceptors (Lipinski definition) is 3. The zero-order valence-corrected chi connectivity index (χ0v) is 12.9. The lowest BCUT2D eigenvalue weighted by molar-refractivity contribution is -0.122. The van der Waals surface area contributed by atoms with Gasteiger partial charge in [-0.2, -0.15) is 0 Å². The van der Waals surface area contributed by atoms with Crippen LogP contribution in [-0.2, 0) is 23.2 Å². The van der Waals surface area contributed by atoms with E-state index in [-0.39, 0.29) is 23.4 Å². The number of aryl methyl sites for hydroxylation is 1. The number of hydrogen-bond donors (Lipinski definition) is 2. The lowest BCUT2D eigenvalue weighted by atomic mass is 9.93. The normalized spacial score (nSPS) is 20.4. The average molecular weight is 278 g/mol. The van der Waals surface area contributed by atoms with Gasteiger partial charge in [-0.3, -0.25) is 4.79 Å². The molecule has 0 fully saturated rings. The van der Waals surface area contributed by atoms with Crippen LogP contribution in [0.5, 0.6) is 0 Å². The summed E-state index contributed by atoms with van der Waals surface area (Å²) in [7, 11) is 0. The largest absolute Gasteiger partial charge is 0.352 e. The van der Waals surface area contributed by atoms with Crippen LogP contribution in [0.1, 0.15) is 52.1 Å². The maximum Gasteiger partial charge on any atom is 0.221 e. The van der Waals surface area contributed by atoms with Gasteiger partial charge in [0.15, 0.2) is 0 Å². The van der Waals surface area contributed by atoms with E-state index in [9.17, 15) is 4.79 Å². The van der Waals surface area contributed by atoms with Crippen molar-refractivity contribution >= 4 is 5.91 Å². The minimum Gasteiger partial charge on any atom is -0.352 e. The molecule has 1 aliphatic heterocycles. The summed E-state index contributed by atoms with van der Waals surface area (Å²) in [5.74, 6) is 1.18. The summed E-state index contributed by atoms with van der Waals surface area (Å²) in [5.41, 5.74) is 6.84. The number of rotatable bonds is 3. The first-order chi connectivity index (χ1) is 9.25. The molecule has 2 atom stereocenters. The predicted octanol–water partition coefficient (Wildman–Crippen LogP) is 1.35. The van der Waals surface area contributed by atoms with Crippen LogP contribution in [0.15, 0.2) is 6.20 Å². The number of nitrogens with one attached hydrogen (secondary N) is 1. The average Bonchev–Trinajstić information content (AvgIpc) is 2.70. The molecule has 0 saturated carbocycles. The highest BCUT2D eigenvalue weighted by Gasteiger charge is 2.25. The molecule has 0 saturated heterocycles. The lowest BCUT2D eigenvalue weighted by Crippen LogP contribution is -2.42. The van der Waals surface area contributed by atoms with Gasteiger partial charge < -0.3 is 15.6 Å². The number of carbonyl (C=O) groups excluding carboxylic acids is 1. The molecule has 1 aromatic rings. The summed E-state index contributed by atoms with van der Waals surface area (Å²) in [4.78, 5) is 16.5. The fourth-order valence-electron chi connectivity index (χ4n) is 2.50. The highest BCUT2D eigenvalue weighted by atomic mass is 16.1. The minimum atomic E-state index is -0.0881. The van der Waals surface area contributed by atoms with Gasteiger partial charge in [0.1, 0.15) is 5.82 Å². The Morgan fingerprint density at radius 1 is 1.60 bits per heavy atom. The maximum absolute atomic E-state index is 11.8. The van der Waals surface area contributed by atoms with Crippen molar-refractivity contribution in [3.05, 3.63) is 17.7 Å². The summed E-state index contributed by atoms with van der Waals surface area (Å²) in [5, 5.41) is 3.07. The SMILES string of the molecule is CC(N)CC(=O)NC1CCc2nc(C(C)(C)C)cn2C1. The third kappa shape index (κ3) is 3.60. The number of carbonyl (C=O) groups is 1. The van der Waals surface area contributed by atoms with Crippen LogP contribution in [0.3, 0.4) is 0 Å². The lowest BCUT2D eigenvalue weighted by Gasteiger charge is -2.25. The molecule has 3 N–H and O–H groups in total. The Kier molecular flexibility index (Phi) is 4.18. The van der Waals surface area contributed by atoms with E-state index in [0.717, 1.165) is 30.9 Å². The van der Waals surface area contributed by atoms with E-state index in [1.165, 1.54) is 0 Å². The molecule has 0 bridgehead atoms. The topological polar surface area (TPSA) is 72.9 Å². The van der Waals surface area contributed by atoms with Gasteiger partial charge in [-0.05, 0) is 13.3 Å². The molecule has 5 heteroatoms. The standard InChI is InChI=1S/C15H26N4O/c1-10(16)7-14(20)17-11-5-6-13-18-12(15(2,3)4)9-19(13)8-11/h9-11H,5-8,16H2,1-4H3,(H,17,20). The summed E-state index contributed by atoms with van der Waals surface area (Å²) >= 11 is 0. The Morgan fingerprint density at radius 3 is 2.90 bits per heavy atom. The van der Waals surface area contributed by atoms with Crippen molar-refractivity contribution in [3.63, 3.8) is 0 Å². The second-order valence-corrected chi connectivity index (χ2v) is 6.93. The zero-order chi connectivity index (χ0) is 14.9. The Morgan fingerprint density at radius 2 is 2.30 bits per heavy atom. The molecule has 1 aromatic heterocycles. The monoisotopic (exact) mass is 278 g/mol. The van der Waals surface area contributed by atoms with Gasteiger partial charge in [-0.15, -0.1) is 0 Å². The molecule has 1 amide bonds. The Bertz CT molecular complexity index is 485. The fourth-order valence-corrected chi connectivity index (χ4v) is 2.50. The maximum atomic E-state index is 11.8. The number of nitrogens with two attached hydrogens (primary N) is 1. The first-order valence-electron chi connectivity index (χ1n) is 7.37. The molecule has 2 heterocycles. The van der Waals surface area contributed by atoms with E-state index in [1.54, 1.807) is 0 Å². The van der Waals surface area contributed by atoms with E-state index in [2.05, 4.69) is 36.9 Å². The molecule has 2 unspecified atom stereocenters. The summed E-state index contributed by atoms with van der Waals surface area (Å²) in [6.45, 7) is 9.17. The summed E-state index contributed by atoms with van der Waals surface area (Å²) in [6, 6.07) is 0.102. The molecule has 0 radical (unpaired) electrons. The molecule has 2 rings (SSSR count). The van der Waals surface area contributed by atoms with E-state index in [4.69, 9.17) is 10.7 Å². The molecule has 1 aliphatic rings. The Hall–Kier alpha value is -1.36. The van der Waals surface area contributed by atoms with Crippen molar-refractivity contribution in [1.29, 1.82) is 0 Å². The van der Waals surface area contributed by atoms with Gasteiger partial charge in [-0.25, -0.2) is 4.98 Å². The molecular formula is C15H26N4O. The van der Waals surface area contributed by atoms with Crippen molar-refractivity contribution in [2.75, 3.05) is 0 Å². The number of imidazole rings is 1. The first-order valence-corrected chi connectivity index (χ1v) is 7.37. The van der Waals surface area contributed by atoms with E-state index >= 15 is 0 Å². The van der Waals surface area contributed by atoms with Crippen LogP contribution in [0.4, 0.5) is 0 Å². The quantitative estimate of drug-likeness (QED) is 0.876. The van der Waals surface area contributed by atoms with E-state index in [1.807, 2.05) is 6.92 Å². The molecule has 5 nitrogen and oxygen atoms in total. The van der Waals surface area contributed by atoms with Crippen molar-refractivity contribution < 1.29 is 4.79 Å². The second-order valence-electron chi connectivity index (χ2n) is 6.93. The molecule has 0 aromatic carbocycles. The third-order valence-electron chi connectivity index (χ3n) is 3.63. The van der Waals surface area contributed by atoms with E-state index < -0.39 is 0 Å². The van der Waals surface area contributed by atoms with Crippen molar-refractivity contribution in [2.24, 2.45) is 5.73 Å². The summed E-state index contributed by atoms with van der Waals surface area (Å²) in [6.07, 6.45) is 4.38. The predicted molar refractivity (Wildman–Crippen MR) is 79.4 cm³/mol. The number of aromatic nitrogens is 2. The molecule has 0 aliphatic carbocycles. The van der Waals surface area contributed by atoms with Crippen LogP contribution >= 0.6 is 0 Å². The Labute approximate surface area is 120 Å². The van der Waals surface area contributed by atoms with Crippen molar-refractivity contribution in [2.45, 2.75) is 71.0 Å². The third-order valence-corrected chi connectivity index (χ3v) is 3.63. The van der Waals surface area contributed by atoms with Crippen molar-refractivity contribution in [1.82, 2.24) is 14.9 Å². The van der Waals surface area contributed by atoms with Gasteiger partial charge in [0.2, 0.25) is 5.91 Å². The smallest absolute Gasteiger partial charge is 0.221 e. The van der Waals surface area contributed by atoms with Crippen LogP contribution in [-0.4, -0.2) is 27.5 Å². The van der Waals surface area contributed by atoms with Gasteiger partial charge >= 0.3 is 0 Å². The molecular weight excluding hydrogens is 252 g/mol. The highest BCUT2D eigenvalue weighted by molar-refractivity contribution is 5.76. The highest BCUT2D eigenvalue weighted by Crippen LogP contribution is 2.24. The van der Waals surface area contributed by atoms with Crippen LogP contribution < -0.4 is 11.1 Å². The van der Waals surface area contributed by atoms with Crippen LogP contribution in [0.25, 0.3) is 0 Å². The Balaban J connectivity index is 2.00. The number of amides is 1. The zero-order valence-electron chi connectivity index (χ0n) is 12.9. The number of nitrogens with zero attached hydrogens (tertiary/aromatic N) is 2. The van der Waals surface area contributed by atoms with Crippen LogP contribution in [0, 0.1) is 0 Å². The van der Waals surface area contributed by atoms with Gasteiger partial charge in [0.05, 0.1) is 5.69 Å². The minimum absolute atomic E-state index is 0.0459. The first kappa shape index (κ1) is 15.0. The van der Waals surface area contributed by atoms with Crippen molar-refractivity contribution in [3.8, 4) is 0 Å². The van der Waals surface area contributed by atoms with Gasteiger partial charge in [-0.1, -0.05) is 20.8 Å². The summed E-state index contributed by atoms with van der Waals surface area (Å²) < 4.78 is 2.18. The van der Waals surface area contributed by atoms with E-state index in [0.29, 0.717) is 6.42 Å².